The molecule has 2 unspecified atom stereocenters. The van der Waals surface area contributed by atoms with Crippen LogP contribution in [0.2, 0.25) is 0 Å². The quantitative estimate of drug-likeness (QED) is 0.865. The minimum Gasteiger partial charge on any atom is -0.395 e. The molecule has 1 aliphatic heterocycles. The van der Waals surface area contributed by atoms with Gasteiger partial charge in [0.1, 0.15) is 5.82 Å². The molecule has 0 amide bonds. The van der Waals surface area contributed by atoms with E-state index in [2.05, 4.69) is 30.6 Å². The lowest BCUT2D eigenvalue weighted by atomic mass is 9.91. The van der Waals surface area contributed by atoms with Crippen molar-refractivity contribution in [3.63, 3.8) is 0 Å². The zero-order valence-corrected chi connectivity index (χ0v) is 12.9. The van der Waals surface area contributed by atoms with Gasteiger partial charge in [0.2, 0.25) is 0 Å². The number of aliphatic hydroxyl groups is 1. The van der Waals surface area contributed by atoms with Gasteiger partial charge in [0, 0.05) is 31.6 Å². The maximum absolute atomic E-state index is 13.4. The summed E-state index contributed by atoms with van der Waals surface area (Å²) in [6.45, 7) is 7.61. The standard InChI is InChI=1S/C18H24FNO/c1-14-9-15(2)12-20(11-14)13-17-6-7-18(19)10-16(17)5-3-4-8-21/h6-7,10,14-15,21H,4,8-9,11-13H2,1-2H3. The number of hydrogen-bond acceptors (Lipinski definition) is 2. The minimum absolute atomic E-state index is 0.0405. The predicted octanol–water partition coefficient (Wildman–Crippen LogP) is 3.04. The van der Waals surface area contributed by atoms with Crippen LogP contribution in [0.1, 0.15) is 37.8 Å². The van der Waals surface area contributed by atoms with Crippen LogP contribution in [0.3, 0.4) is 0 Å². The van der Waals surface area contributed by atoms with Crippen molar-refractivity contribution in [2.75, 3.05) is 19.7 Å². The molecule has 1 saturated heterocycles. The van der Waals surface area contributed by atoms with Gasteiger partial charge in [-0.15, -0.1) is 0 Å². The molecule has 1 aliphatic rings. The van der Waals surface area contributed by atoms with Crippen molar-refractivity contribution in [1.29, 1.82) is 0 Å². The zero-order valence-electron chi connectivity index (χ0n) is 12.9. The lowest BCUT2D eigenvalue weighted by Crippen LogP contribution is -2.38. The largest absolute Gasteiger partial charge is 0.395 e. The second-order valence-electron chi connectivity index (χ2n) is 6.22. The molecule has 1 aromatic rings. The zero-order chi connectivity index (χ0) is 15.2. The lowest BCUT2D eigenvalue weighted by molar-refractivity contribution is 0.134. The molecule has 0 spiro atoms. The summed E-state index contributed by atoms with van der Waals surface area (Å²) in [6.07, 6.45) is 1.71. The molecule has 1 N–H and O–H groups in total. The Morgan fingerprint density at radius 3 is 2.67 bits per heavy atom. The van der Waals surface area contributed by atoms with E-state index in [0.29, 0.717) is 18.3 Å². The van der Waals surface area contributed by atoms with Crippen LogP contribution in [-0.4, -0.2) is 29.7 Å². The minimum atomic E-state index is -0.257. The second-order valence-corrected chi connectivity index (χ2v) is 6.22. The average Bonchev–Trinajstić information content (AvgIpc) is 2.41. The highest BCUT2D eigenvalue weighted by Crippen LogP contribution is 2.23. The van der Waals surface area contributed by atoms with Crippen molar-refractivity contribution in [2.24, 2.45) is 11.8 Å². The van der Waals surface area contributed by atoms with E-state index in [1.54, 1.807) is 0 Å². The van der Waals surface area contributed by atoms with Gasteiger partial charge in [0.15, 0.2) is 0 Å². The molecule has 114 valence electrons. The molecule has 0 radical (unpaired) electrons. The number of halogens is 1. The highest BCUT2D eigenvalue weighted by molar-refractivity contribution is 5.41. The van der Waals surface area contributed by atoms with Crippen molar-refractivity contribution in [3.05, 3.63) is 35.1 Å². The Balaban J connectivity index is 2.14. The molecule has 0 saturated carbocycles. The van der Waals surface area contributed by atoms with Crippen LogP contribution in [0, 0.1) is 29.5 Å². The Kier molecular flexibility index (Phi) is 5.78. The summed E-state index contributed by atoms with van der Waals surface area (Å²) in [4.78, 5) is 2.43. The highest BCUT2D eigenvalue weighted by atomic mass is 19.1. The van der Waals surface area contributed by atoms with Crippen molar-refractivity contribution in [2.45, 2.75) is 33.2 Å². The molecule has 0 bridgehead atoms. The fourth-order valence-corrected chi connectivity index (χ4v) is 3.18. The number of likely N-dealkylation sites (tertiary alicyclic amines) is 1. The van der Waals surface area contributed by atoms with E-state index >= 15 is 0 Å². The van der Waals surface area contributed by atoms with Crippen LogP contribution in [-0.2, 0) is 6.54 Å². The first-order valence-electron chi connectivity index (χ1n) is 7.69. The van der Waals surface area contributed by atoms with Crippen LogP contribution in [0.15, 0.2) is 18.2 Å². The molecule has 1 heterocycles. The summed E-state index contributed by atoms with van der Waals surface area (Å²) in [7, 11) is 0. The van der Waals surface area contributed by atoms with Crippen molar-refractivity contribution >= 4 is 0 Å². The number of aliphatic hydroxyl groups excluding tert-OH is 1. The number of piperidine rings is 1. The molecular formula is C18H24FNO. The summed E-state index contributed by atoms with van der Waals surface area (Å²) in [5.74, 6) is 7.04. The number of rotatable bonds is 3. The van der Waals surface area contributed by atoms with Gasteiger partial charge in [0.05, 0.1) is 6.61 Å². The van der Waals surface area contributed by atoms with Crippen molar-refractivity contribution in [3.8, 4) is 11.8 Å². The second kappa shape index (κ2) is 7.59. The molecule has 1 fully saturated rings. The van der Waals surface area contributed by atoms with E-state index in [0.717, 1.165) is 30.8 Å². The van der Waals surface area contributed by atoms with Crippen LogP contribution >= 0.6 is 0 Å². The molecule has 2 nitrogen and oxygen atoms in total. The molecule has 21 heavy (non-hydrogen) atoms. The molecule has 0 aliphatic carbocycles. The summed E-state index contributed by atoms with van der Waals surface area (Å²) in [5, 5.41) is 8.80. The van der Waals surface area contributed by atoms with Gasteiger partial charge in [-0.3, -0.25) is 4.90 Å². The van der Waals surface area contributed by atoms with Crippen LogP contribution in [0.4, 0.5) is 4.39 Å². The Morgan fingerprint density at radius 2 is 2.00 bits per heavy atom. The third-order valence-electron chi connectivity index (χ3n) is 3.87. The van der Waals surface area contributed by atoms with Gasteiger partial charge in [-0.25, -0.2) is 4.39 Å². The normalized spacial score (nSPS) is 22.7. The van der Waals surface area contributed by atoms with Crippen LogP contribution < -0.4 is 0 Å². The highest BCUT2D eigenvalue weighted by Gasteiger charge is 2.22. The van der Waals surface area contributed by atoms with Crippen molar-refractivity contribution in [1.82, 2.24) is 4.90 Å². The number of nitrogens with zero attached hydrogens (tertiary/aromatic N) is 1. The van der Waals surface area contributed by atoms with E-state index in [4.69, 9.17) is 5.11 Å². The van der Waals surface area contributed by atoms with Gasteiger partial charge in [-0.05, 0) is 36.0 Å². The Bertz CT molecular complexity index is 522. The summed E-state index contributed by atoms with van der Waals surface area (Å²) in [6, 6.07) is 4.84. The Morgan fingerprint density at radius 1 is 1.29 bits per heavy atom. The first-order valence-corrected chi connectivity index (χ1v) is 7.69. The topological polar surface area (TPSA) is 23.5 Å². The van der Waals surface area contributed by atoms with Gasteiger partial charge in [-0.1, -0.05) is 31.8 Å². The molecule has 1 aromatic carbocycles. The Hall–Kier alpha value is -1.37. The fourth-order valence-electron chi connectivity index (χ4n) is 3.18. The molecule has 2 atom stereocenters. The molecule has 2 rings (SSSR count). The smallest absolute Gasteiger partial charge is 0.124 e. The third-order valence-corrected chi connectivity index (χ3v) is 3.87. The maximum atomic E-state index is 13.4. The molecule has 0 aromatic heterocycles. The van der Waals surface area contributed by atoms with E-state index in [1.165, 1.54) is 18.6 Å². The summed E-state index contributed by atoms with van der Waals surface area (Å²) in [5.41, 5.74) is 1.82. The lowest BCUT2D eigenvalue weighted by Gasteiger charge is -2.35. The number of hydrogen-bond donors (Lipinski definition) is 1. The van der Waals surface area contributed by atoms with Gasteiger partial charge in [-0.2, -0.15) is 0 Å². The first kappa shape index (κ1) is 16.0. The van der Waals surface area contributed by atoms with Crippen molar-refractivity contribution < 1.29 is 9.50 Å². The Labute approximate surface area is 127 Å². The van der Waals surface area contributed by atoms with Gasteiger partial charge >= 0.3 is 0 Å². The van der Waals surface area contributed by atoms with Gasteiger partial charge in [0.25, 0.3) is 0 Å². The van der Waals surface area contributed by atoms with E-state index in [1.807, 2.05) is 6.07 Å². The average molecular weight is 289 g/mol. The van der Waals surface area contributed by atoms with E-state index < -0.39 is 0 Å². The molecule has 3 heteroatoms. The summed E-state index contributed by atoms with van der Waals surface area (Å²) < 4.78 is 13.4. The monoisotopic (exact) mass is 289 g/mol. The van der Waals surface area contributed by atoms with Gasteiger partial charge < -0.3 is 5.11 Å². The fraction of sp³-hybridized carbons (Fsp3) is 0.556. The SMILES string of the molecule is CC1CC(C)CN(Cc2ccc(F)cc2C#CCCO)C1. The first-order chi connectivity index (χ1) is 10.1. The van der Waals surface area contributed by atoms with Crippen LogP contribution in [0.25, 0.3) is 0 Å². The summed E-state index contributed by atoms with van der Waals surface area (Å²) >= 11 is 0. The van der Waals surface area contributed by atoms with E-state index in [-0.39, 0.29) is 12.4 Å². The van der Waals surface area contributed by atoms with E-state index in [9.17, 15) is 4.39 Å². The predicted molar refractivity (Wildman–Crippen MR) is 83.2 cm³/mol. The third kappa shape index (κ3) is 4.84. The number of benzene rings is 1. The van der Waals surface area contributed by atoms with Crippen LogP contribution in [0.5, 0.6) is 0 Å². The maximum Gasteiger partial charge on any atom is 0.124 e. The molecular weight excluding hydrogens is 265 g/mol.